The lowest BCUT2D eigenvalue weighted by Gasteiger charge is -2.09. The van der Waals surface area contributed by atoms with Gasteiger partial charge in [-0.25, -0.2) is 4.68 Å². The van der Waals surface area contributed by atoms with Crippen molar-refractivity contribution in [3.63, 3.8) is 0 Å². The predicted octanol–water partition coefficient (Wildman–Crippen LogP) is 2.34. The van der Waals surface area contributed by atoms with Gasteiger partial charge in [0, 0.05) is 5.69 Å². The molecule has 0 aliphatic carbocycles. The molecule has 0 aliphatic heterocycles. The summed E-state index contributed by atoms with van der Waals surface area (Å²) >= 11 is 1.36. The van der Waals surface area contributed by atoms with E-state index in [0.29, 0.717) is 17.4 Å². The summed E-state index contributed by atoms with van der Waals surface area (Å²) in [6, 6.07) is 17.4. The number of thioether (sulfide) groups is 1. The summed E-state index contributed by atoms with van der Waals surface area (Å²) in [6.45, 7) is 2.57. The van der Waals surface area contributed by atoms with Gasteiger partial charge >= 0.3 is 0 Å². The van der Waals surface area contributed by atoms with Crippen LogP contribution in [0.5, 0.6) is 0 Å². The van der Waals surface area contributed by atoms with Crippen LogP contribution in [0.2, 0.25) is 0 Å². The van der Waals surface area contributed by atoms with E-state index in [1.165, 1.54) is 22.8 Å². The molecule has 0 bridgehead atoms. The van der Waals surface area contributed by atoms with Crippen LogP contribution in [0, 0.1) is 6.92 Å². The van der Waals surface area contributed by atoms with Crippen LogP contribution >= 0.6 is 11.8 Å². The highest BCUT2D eigenvalue weighted by Gasteiger charge is 2.12. The van der Waals surface area contributed by atoms with Gasteiger partial charge in [-0.05, 0) is 41.1 Å². The minimum Gasteiger partial charge on any atom is -0.325 e. The number of rotatable bonds is 7. The fourth-order valence-electron chi connectivity index (χ4n) is 2.75. The first-order chi connectivity index (χ1) is 14.2. The topological polar surface area (TPSA) is 103 Å². The highest BCUT2D eigenvalue weighted by atomic mass is 32.2. The number of carbonyl (C=O) groups excluding carboxylic acids is 1. The number of amides is 1. The number of hydrogen-bond acceptors (Lipinski definition) is 7. The lowest BCUT2D eigenvalue weighted by molar-refractivity contribution is -0.113. The van der Waals surface area contributed by atoms with Crippen molar-refractivity contribution >= 4 is 23.4 Å². The zero-order valence-corrected chi connectivity index (χ0v) is 16.5. The van der Waals surface area contributed by atoms with Crippen molar-refractivity contribution < 1.29 is 4.79 Å². The standard InChI is InChI=1S/C19H18N8OS/c1-14-22-23-19(26(14)11-15-6-3-2-4-7-15)29-12-18(28)21-16-8-5-9-17(10-16)27-13-20-24-25-27/h2-10,13H,11-12H2,1H3,(H,21,28). The number of hydrogen-bond donors (Lipinski definition) is 1. The summed E-state index contributed by atoms with van der Waals surface area (Å²) in [6.07, 6.45) is 1.50. The Morgan fingerprint density at radius 2 is 1.97 bits per heavy atom. The smallest absolute Gasteiger partial charge is 0.234 e. The van der Waals surface area contributed by atoms with Gasteiger partial charge in [-0.15, -0.1) is 15.3 Å². The van der Waals surface area contributed by atoms with E-state index in [1.54, 1.807) is 6.07 Å². The normalized spacial score (nSPS) is 10.8. The van der Waals surface area contributed by atoms with Crippen LogP contribution in [0.4, 0.5) is 5.69 Å². The second-order valence-corrected chi connectivity index (χ2v) is 7.19. The number of benzene rings is 2. The van der Waals surface area contributed by atoms with E-state index in [4.69, 9.17) is 0 Å². The Bertz CT molecular complexity index is 1090. The van der Waals surface area contributed by atoms with Crippen molar-refractivity contribution in [2.45, 2.75) is 18.6 Å². The second-order valence-electron chi connectivity index (χ2n) is 6.24. The molecule has 1 amide bonds. The van der Waals surface area contributed by atoms with Crippen molar-refractivity contribution in [2.75, 3.05) is 11.1 Å². The fraction of sp³-hybridized carbons (Fsp3) is 0.158. The van der Waals surface area contributed by atoms with Crippen LogP contribution in [-0.2, 0) is 11.3 Å². The van der Waals surface area contributed by atoms with Crippen LogP contribution in [-0.4, -0.2) is 46.6 Å². The summed E-state index contributed by atoms with van der Waals surface area (Å²) in [5, 5.41) is 23.1. The Morgan fingerprint density at radius 3 is 2.76 bits per heavy atom. The zero-order valence-electron chi connectivity index (χ0n) is 15.6. The molecule has 0 atom stereocenters. The van der Waals surface area contributed by atoms with E-state index in [1.807, 2.05) is 47.9 Å². The lowest BCUT2D eigenvalue weighted by Crippen LogP contribution is -2.15. The molecule has 9 nitrogen and oxygen atoms in total. The summed E-state index contributed by atoms with van der Waals surface area (Å²) in [4.78, 5) is 12.4. The number of carbonyl (C=O) groups is 1. The molecule has 4 aromatic rings. The van der Waals surface area contributed by atoms with Crippen molar-refractivity contribution in [2.24, 2.45) is 0 Å². The second kappa shape index (κ2) is 8.65. The molecule has 4 rings (SSSR count). The lowest BCUT2D eigenvalue weighted by atomic mass is 10.2. The molecular formula is C19H18N8OS. The Hall–Kier alpha value is -3.53. The monoisotopic (exact) mass is 406 g/mol. The van der Waals surface area contributed by atoms with Crippen LogP contribution in [0.1, 0.15) is 11.4 Å². The molecule has 0 saturated carbocycles. The van der Waals surface area contributed by atoms with Crippen LogP contribution in [0.25, 0.3) is 5.69 Å². The summed E-state index contributed by atoms with van der Waals surface area (Å²) in [5.41, 5.74) is 2.59. The quantitative estimate of drug-likeness (QED) is 0.470. The molecule has 1 N–H and O–H groups in total. The molecule has 0 radical (unpaired) electrons. The number of nitrogens with zero attached hydrogens (tertiary/aromatic N) is 7. The minimum atomic E-state index is -0.129. The van der Waals surface area contributed by atoms with Gasteiger partial charge in [-0.2, -0.15) is 0 Å². The maximum absolute atomic E-state index is 12.4. The van der Waals surface area contributed by atoms with Crippen molar-refractivity contribution in [3.05, 3.63) is 72.3 Å². The van der Waals surface area contributed by atoms with Crippen LogP contribution in [0.15, 0.2) is 66.1 Å². The van der Waals surface area contributed by atoms with E-state index in [9.17, 15) is 4.79 Å². The summed E-state index contributed by atoms with van der Waals surface area (Å²) in [5.74, 6) is 0.906. The molecule has 10 heteroatoms. The molecule has 0 saturated heterocycles. The number of anilines is 1. The number of aryl methyl sites for hydroxylation is 1. The maximum atomic E-state index is 12.4. The first kappa shape index (κ1) is 18.8. The van der Waals surface area contributed by atoms with Crippen LogP contribution < -0.4 is 5.32 Å². The first-order valence-electron chi connectivity index (χ1n) is 8.89. The molecule has 2 aromatic heterocycles. The molecule has 0 aliphatic rings. The molecule has 2 aromatic carbocycles. The van der Waals surface area contributed by atoms with E-state index in [-0.39, 0.29) is 11.7 Å². The Kier molecular flexibility index (Phi) is 5.61. The van der Waals surface area contributed by atoms with Gasteiger partial charge < -0.3 is 9.88 Å². The molecule has 0 spiro atoms. The van der Waals surface area contributed by atoms with E-state index < -0.39 is 0 Å². The zero-order chi connectivity index (χ0) is 20.1. The van der Waals surface area contributed by atoms with Gasteiger partial charge in [0.15, 0.2) is 5.16 Å². The van der Waals surface area contributed by atoms with E-state index in [0.717, 1.165) is 17.1 Å². The largest absolute Gasteiger partial charge is 0.325 e. The molecule has 2 heterocycles. The summed E-state index contributed by atoms with van der Waals surface area (Å²) in [7, 11) is 0. The fourth-order valence-corrected chi connectivity index (χ4v) is 3.53. The predicted molar refractivity (Wildman–Crippen MR) is 109 cm³/mol. The molecule has 0 fully saturated rings. The highest BCUT2D eigenvalue weighted by Crippen LogP contribution is 2.19. The highest BCUT2D eigenvalue weighted by molar-refractivity contribution is 7.99. The van der Waals surface area contributed by atoms with Gasteiger partial charge in [0.1, 0.15) is 12.2 Å². The van der Waals surface area contributed by atoms with Crippen molar-refractivity contribution in [1.82, 2.24) is 35.0 Å². The average molecular weight is 406 g/mol. The third-order valence-electron chi connectivity index (χ3n) is 4.16. The first-order valence-corrected chi connectivity index (χ1v) is 9.87. The summed E-state index contributed by atoms with van der Waals surface area (Å²) < 4.78 is 3.53. The van der Waals surface area contributed by atoms with E-state index >= 15 is 0 Å². The SMILES string of the molecule is Cc1nnc(SCC(=O)Nc2cccc(-n3cnnn3)c2)n1Cc1ccccc1. The number of tetrazole rings is 1. The number of aromatic nitrogens is 7. The van der Waals surface area contributed by atoms with Crippen LogP contribution in [0.3, 0.4) is 0 Å². The Balaban J connectivity index is 1.39. The van der Waals surface area contributed by atoms with Gasteiger partial charge in [0.25, 0.3) is 0 Å². The van der Waals surface area contributed by atoms with Gasteiger partial charge in [-0.3, -0.25) is 4.79 Å². The maximum Gasteiger partial charge on any atom is 0.234 e. The van der Waals surface area contributed by atoms with Crippen molar-refractivity contribution in [3.8, 4) is 5.69 Å². The third kappa shape index (κ3) is 4.66. The molecule has 146 valence electrons. The third-order valence-corrected chi connectivity index (χ3v) is 5.13. The van der Waals surface area contributed by atoms with Crippen molar-refractivity contribution in [1.29, 1.82) is 0 Å². The van der Waals surface area contributed by atoms with Gasteiger partial charge in [0.2, 0.25) is 5.91 Å². The Morgan fingerprint density at radius 1 is 1.10 bits per heavy atom. The molecular weight excluding hydrogens is 388 g/mol. The number of nitrogens with one attached hydrogen (secondary N) is 1. The molecule has 0 unspecified atom stereocenters. The van der Waals surface area contributed by atoms with Gasteiger partial charge in [0.05, 0.1) is 18.0 Å². The van der Waals surface area contributed by atoms with E-state index in [2.05, 4.69) is 43.2 Å². The minimum absolute atomic E-state index is 0.129. The average Bonchev–Trinajstić information content (AvgIpc) is 3.39. The van der Waals surface area contributed by atoms with Gasteiger partial charge in [-0.1, -0.05) is 48.2 Å². The Labute approximate surface area is 171 Å². The molecule has 29 heavy (non-hydrogen) atoms.